The highest BCUT2D eigenvalue weighted by atomic mass is 16.2. The van der Waals surface area contributed by atoms with Gasteiger partial charge in [-0.3, -0.25) is 4.79 Å². The Balaban J connectivity index is 1.77. The fourth-order valence-electron chi connectivity index (χ4n) is 2.76. The van der Waals surface area contributed by atoms with E-state index in [9.17, 15) is 4.79 Å². The van der Waals surface area contributed by atoms with Crippen LogP contribution in [0.2, 0.25) is 0 Å². The summed E-state index contributed by atoms with van der Waals surface area (Å²) in [5.74, 6) is 0.300. The highest BCUT2D eigenvalue weighted by molar-refractivity contribution is 5.76. The number of rotatable bonds is 6. The number of unbranched alkanes of at least 4 members (excludes halogenated alkanes) is 1. The second kappa shape index (κ2) is 8.83. The van der Waals surface area contributed by atoms with Gasteiger partial charge < -0.3 is 10.2 Å². The number of nitrogens with zero attached hydrogens (tertiary/aromatic N) is 1. The minimum absolute atomic E-state index is 0.300. The number of hydrogen-bond acceptors (Lipinski definition) is 2. The maximum atomic E-state index is 12.2. The molecule has 3 heteroatoms. The molecule has 1 N–H and O–H groups in total. The van der Waals surface area contributed by atoms with Gasteiger partial charge in [0.05, 0.1) is 0 Å². The van der Waals surface area contributed by atoms with Crippen LogP contribution in [0.4, 0.5) is 0 Å². The summed E-state index contributed by atoms with van der Waals surface area (Å²) in [6.07, 6.45) is 6.21. The van der Waals surface area contributed by atoms with Crippen molar-refractivity contribution in [2.75, 3.05) is 26.2 Å². The van der Waals surface area contributed by atoms with E-state index in [1.54, 1.807) is 0 Å². The Kier molecular flexibility index (Phi) is 6.74. The lowest BCUT2D eigenvalue weighted by Crippen LogP contribution is -2.34. The first-order chi connectivity index (χ1) is 10.3. The molecule has 1 aliphatic heterocycles. The normalized spacial score (nSPS) is 15.8. The predicted molar refractivity (Wildman–Crippen MR) is 87.4 cm³/mol. The quantitative estimate of drug-likeness (QED) is 0.873. The summed E-state index contributed by atoms with van der Waals surface area (Å²) in [4.78, 5) is 14.2. The molecule has 1 saturated heterocycles. The zero-order valence-corrected chi connectivity index (χ0v) is 13.2. The first-order valence-electron chi connectivity index (χ1n) is 8.36. The van der Waals surface area contributed by atoms with Gasteiger partial charge in [-0.1, -0.05) is 37.6 Å². The van der Waals surface area contributed by atoms with Crippen molar-refractivity contribution in [2.45, 2.75) is 45.4 Å². The van der Waals surface area contributed by atoms with Gasteiger partial charge >= 0.3 is 0 Å². The summed E-state index contributed by atoms with van der Waals surface area (Å²) >= 11 is 0. The fraction of sp³-hybridized carbons (Fsp3) is 0.611. The van der Waals surface area contributed by atoms with E-state index in [1.807, 2.05) is 4.90 Å². The molecule has 1 fully saturated rings. The van der Waals surface area contributed by atoms with Crippen LogP contribution in [0.25, 0.3) is 0 Å². The minimum Gasteiger partial charge on any atom is -0.341 e. The Morgan fingerprint density at radius 3 is 2.52 bits per heavy atom. The molecule has 2 rings (SSSR count). The van der Waals surface area contributed by atoms with E-state index in [0.29, 0.717) is 12.3 Å². The molecule has 0 aliphatic carbocycles. The van der Waals surface area contributed by atoms with Crippen molar-refractivity contribution in [1.29, 1.82) is 0 Å². The van der Waals surface area contributed by atoms with Crippen LogP contribution in [0, 0.1) is 0 Å². The van der Waals surface area contributed by atoms with Crippen molar-refractivity contribution in [2.24, 2.45) is 0 Å². The van der Waals surface area contributed by atoms with Gasteiger partial charge in [0, 0.05) is 26.1 Å². The molecule has 1 amide bonds. The summed E-state index contributed by atoms with van der Waals surface area (Å²) in [7, 11) is 0. The van der Waals surface area contributed by atoms with E-state index in [4.69, 9.17) is 0 Å². The van der Waals surface area contributed by atoms with Gasteiger partial charge in [-0.05, 0) is 43.4 Å². The van der Waals surface area contributed by atoms with Crippen LogP contribution < -0.4 is 5.32 Å². The van der Waals surface area contributed by atoms with Gasteiger partial charge in [-0.15, -0.1) is 0 Å². The third-order valence-electron chi connectivity index (χ3n) is 4.16. The maximum Gasteiger partial charge on any atom is 0.222 e. The Bertz CT molecular complexity index is 419. The number of benzene rings is 1. The molecular formula is C18H28N2O. The van der Waals surface area contributed by atoms with E-state index in [0.717, 1.165) is 45.4 Å². The van der Waals surface area contributed by atoms with Crippen LogP contribution >= 0.6 is 0 Å². The average Bonchev–Trinajstić information content (AvgIpc) is 2.81. The second-order valence-electron chi connectivity index (χ2n) is 5.90. The van der Waals surface area contributed by atoms with Crippen molar-refractivity contribution in [3.8, 4) is 0 Å². The molecule has 116 valence electrons. The van der Waals surface area contributed by atoms with Gasteiger partial charge in [0.1, 0.15) is 0 Å². The minimum atomic E-state index is 0.300. The lowest BCUT2D eigenvalue weighted by molar-refractivity contribution is -0.130. The predicted octanol–water partition coefficient (Wildman–Crippen LogP) is 2.78. The molecule has 0 bridgehead atoms. The van der Waals surface area contributed by atoms with Gasteiger partial charge in [-0.2, -0.15) is 0 Å². The first-order valence-corrected chi connectivity index (χ1v) is 8.36. The van der Waals surface area contributed by atoms with E-state index < -0.39 is 0 Å². The third kappa shape index (κ3) is 5.50. The summed E-state index contributed by atoms with van der Waals surface area (Å²) in [5.41, 5.74) is 2.68. The van der Waals surface area contributed by atoms with E-state index >= 15 is 0 Å². The molecule has 1 aromatic carbocycles. The zero-order chi connectivity index (χ0) is 14.9. The lowest BCUT2D eigenvalue weighted by atomic mass is 10.0. The van der Waals surface area contributed by atoms with E-state index in [1.165, 1.54) is 24.0 Å². The van der Waals surface area contributed by atoms with Crippen LogP contribution in [0.15, 0.2) is 24.3 Å². The van der Waals surface area contributed by atoms with E-state index in [2.05, 4.69) is 36.5 Å². The largest absolute Gasteiger partial charge is 0.341 e. The lowest BCUT2D eigenvalue weighted by Gasteiger charge is -2.19. The number of carbonyl (C=O) groups is 1. The molecule has 0 atom stereocenters. The number of carbonyl (C=O) groups excluding carboxylic acids is 1. The van der Waals surface area contributed by atoms with Crippen LogP contribution in [-0.2, 0) is 17.6 Å². The first kappa shape index (κ1) is 16.0. The van der Waals surface area contributed by atoms with Gasteiger partial charge in [0.25, 0.3) is 0 Å². The van der Waals surface area contributed by atoms with Crippen molar-refractivity contribution in [3.05, 3.63) is 35.4 Å². The Morgan fingerprint density at radius 1 is 1.10 bits per heavy atom. The van der Waals surface area contributed by atoms with Crippen LogP contribution in [0.5, 0.6) is 0 Å². The molecule has 21 heavy (non-hydrogen) atoms. The molecule has 0 radical (unpaired) electrons. The standard InChI is InChI=1S/C18H28N2O/c1-2-3-5-16-6-8-17(9-7-16)10-11-18(21)20-14-4-12-19-13-15-20/h6-9,19H,2-5,10-15H2,1H3. The van der Waals surface area contributed by atoms with Gasteiger partial charge in [-0.25, -0.2) is 0 Å². The number of nitrogens with one attached hydrogen (secondary N) is 1. The molecule has 0 aromatic heterocycles. The highest BCUT2D eigenvalue weighted by Gasteiger charge is 2.14. The molecule has 1 heterocycles. The molecule has 0 saturated carbocycles. The van der Waals surface area contributed by atoms with Crippen molar-refractivity contribution in [3.63, 3.8) is 0 Å². The maximum absolute atomic E-state index is 12.2. The highest BCUT2D eigenvalue weighted by Crippen LogP contribution is 2.10. The smallest absolute Gasteiger partial charge is 0.222 e. The Labute approximate surface area is 128 Å². The topological polar surface area (TPSA) is 32.3 Å². The number of aryl methyl sites for hydroxylation is 2. The fourth-order valence-corrected chi connectivity index (χ4v) is 2.76. The van der Waals surface area contributed by atoms with Crippen molar-refractivity contribution < 1.29 is 4.79 Å². The van der Waals surface area contributed by atoms with Crippen molar-refractivity contribution >= 4 is 5.91 Å². The molecular weight excluding hydrogens is 260 g/mol. The van der Waals surface area contributed by atoms with Crippen molar-refractivity contribution in [1.82, 2.24) is 10.2 Å². The van der Waals surface area contributed by atoms with Gasteiger partial charge in [0.2, 0.25) is 5.91 Å². The van der Waals surface area contributed by atoms with Crippen LogP contribution in [-0.4, -0.2) is 37.0 Å². The summed E-state index contributed by atoms with van der Waals surface area (Å²) < 4.78 is 0. The molecule has 0 unspecified atom stereocenters. The Morgan fingerprint density at radius 2 is 1.81 bits per heavy atom. The second-order valence-corrected chi connectivity index (χ2v) is 5.90. The summed E-state index contributed by atoms with van der Waals surface area (Å²) in [5, 5.41) is 3.33. The number of hydrogen-bond donors (Lipinski definition) is 1. The molecule has 0 spiro atoms. The number of amides is 1. The average molecular weight is 288 g/mol. The van der Waals surface area contributed by atoms with Crippen LogP contribution in [0.3, 0.4) is 0 Å². The Hall–Kier alpha value is -1.35. The SMILES string of the molecule is CCCCc1ccc(CCC(=O)N2CCCNCC2)cc1. The third-order valence-corrected chi connectivity index (χ3v) is 4.16. The molecule has 1 aromatic rings. The van der Waals surface area contributed by atoms with Gasteiger partial charge in [0.15, 0.2) is 0 Å². The summed E-state index contributed by atoms with van der Waals surface area (Å²) in [6, 6.07) is 8.79. The molecule has 1 aliphatic rings. The van der Waals surface area contributed by atoms with E-state index in [-0.39, 0.29) is 0 Å². The zero-order valence-electron chi connectivity index (χ0n) is 13.2. The van der Waals surface area contributed by atoms with Crippen LogP contribution in [0.1, 0.15) is 43.7 Å². The summed E-state index contributed by atoms with van der Waals surface area (Å²) in [6.45, 7) is 5.94. The molecule has 3 nitrogen and oxygen atoms in total. The monoisotopic (exact) mass is 288 g/mol.